The fourth-order valence-electron chi connectivity index (χ4n) is 2.35. The molecule has 1 aliphatic heterocycles. The molecule has 0 aromatic carbocycles. The molecule has 2 N–H and O–H groups in total. The van der Waals surface area contributed by atoms with E-state index in [1.54, 1.807) is 13.8 Å². The van der Waals surface area contributed by atoms with E-state index in [-0.39, 0.29) is 12.2 Å². The summed E-state index contributed by atoms with van der Waals surface area (Å²) in [5.41, 5.74) is 0. The zero-order valence-corrected chi connectivity index (χ0v) is 11.7. The van der Waals surface area contributed by atoms with Gasteiger partial charge in [-0.1, -0.05) is 0 Å². The van der Waals surface area contributed by atoms with Gasteiger partial charge in [-0.05, 0) is 33.4 Å². The van der Waals surface area contributed by atoms with Crippen LogP contribution in [0.15, 0.2) is 0 Å². The highest BCUT2D eigenvalue weighted by atomic mass is 16.5. The van der Waals surface area contributed by atoms with Gasteiger partial charge >= 0.3 is 0 Å². The van der Waals surface area contributed by atoms with Crippen LogP contribution in [0.1, 0.15) is 20.3 Å². The molecular weight excluding hydrogens is 232 g/mol. The second kappa shape index (κ2) is 8.82. The lowest BCUT2D eigenvalue weighted by molar-refractivity contribution is 0.0337. The zero-order valence-electron chi connectivity index (χ0n) is 11.7. The lowest BCUT2D eigenvalue weighted by Crippen LogP contribution is -2.40. The molecule has 0 radical (unpaired) electrons. The molecule has 5 heteroatoms. The highest BCUT2D eigenvalue weighted by Crippen LogP contribution is 2.01. The summed E-state index contributed by atoms with van der Waals surface area (Å²) < 4.78 is 5.31. The summed E-state index contributed by atoms with van der Waals surface area (Å²) in [6.45, 7) is 10.6. The van der Waals surface area contributed by atoms with Crippen molar-refractivity contribution in [2.45, 2.75) is 32.5 Å². The molecule has 0 aromatic rings. The van der Waals surface area contributed by atoms with Crippen molar-refractivity contribution in [3.8, 4) is 0 Å². The van der Waals surface area contributed by atoms with Crippen molar-refractivity contribution in [3.05, 3.63) is 0 Å². The Hall–Kier alpha value is -0.200. The number of hydrogen-bond acceptors (Lipinski definition) is 5. The van der Waals surface area contributed by atoms with Crippen LogP contribution in [0.25, 0.3) is 0 Å². The maximum atomic E-state index is 9.43. The maximum absolute atomic E-state index is 9.43. The van der Waals surface area contributed by atoms with Crippen LogP contribution in [0.3, 0.4) is 0 Å². The van der Waals surface area contributed by atoms with Gasteiger partial charge < -0.3 is 14.9 Å². The maximum Gasteiger partial charge on any atom is 0.0639 e. The van der Waals surface area contributed by atoms with Gasteiger partial charge in [0.25, 0.3) is 0 Å². The number of ether oxygens (including phenoxy) is 1. The Kier molecular flexibility index (Phi) is 7.77. The second-order valence-electron chi connectivity index (χ2n) is 5.27. The molecule has 18 heavy (non-hydrogen) atoms. The van der Waals surface area contributed by atoms with Crippen LogP contribution < -0.4 is 0 Å². The van der Waals surface area contributed by atoms with Crippen molar-refractivity contribution in [1.82, 2.24) is 9.80 Å². The SMILES string of the molecule is CC(O)CN(CCCN1CCOCC1)CC(C)O. The normalized spacial score (nSPS) is 21.2. The van der Waals surface area contributed by atoms with E-state index in [9.17, 15) is 10.2 Å². The summed E-state index contributed by atoms with van der Waals surface area (Å²) in [6, 6.07) is 0. The molecule has 1 fully saturated rings. The Morgan fingerprint density at radius 3 is 2.17 bits per heavy atom. The Morgan fingerprint density at radius 1 is 1.11 bits per heavy atom. The van der Waals surface area contributed by atoms with Crippen LogP contribution >= 0.6 is 0 Å². The number of morpholine rings is 1. The highest BCUT2D eigenvalue weighted by molar-refractivity contribution is 4.67. The van der Waals surface area contributed by atoms with E-state index >= 15 is 0 Å². The molecule has 1 aliphatic rings. The summed E-state index contributed by atoms with van der Waals surface area (Å²) in [6.07, 6.45) is 0.388. The van der Waals surface area contributed by atoms with Crippen LogP contribution in [-0.4, -0.2) is 84.7 Å². The first kappa shape index (κ1) is 15.9. The van der Waals surface area contributed by atoms with Crippen molar-refractivity contribution < 1.29 is 14.9 Å². The van der Waals surface area contributed by atoms with Crippen LogP contribution in [0.5, 0.6) is 0 Å². The Bertz CT molecular complexity index is 196. The molecule has 2 atom stereocenters. The molecule has 1 rings (SSSR count). The van der Waals surface area contributed by atoms with Crippen molar-refractivity contribution in [2.75, 3.05) is 52.5 Å². The molecule has 0 aromatic heterocycles. The summed E-state index contributed by atoms with van der Waals surface area (Å²) in [5.74, 6) is 0. The molecule has 0 bridgehead atoms. The van der Waals surface area contributed by atoms with Gasteiger partial charge in [0.05, 0.1) is 25.4 Å². The number of hydrogen-bond donors (Lipinski definition) is 2. The van der Waals surface area contributed by atoms with E-state index < -0.39 is 0 Å². The van der Waals surface area contributed by atoms with E-state index in [2.05, 4.69) is 9.80 Å². The molecule has 1 saturated heterocycles. The average molecular weight is 260 g/mol. The van der Waals surface area contributed by atoms with Crippen molar-refractivity contribution in [2.24, 2.45) is 0 Å². The van der Waals surface area contributed by atoms with Crippen LogP contribution in [0, 0.1) is 0 Å². The number of aliphatic hydroxyl groups excluding tert-OH is 2. The monoisotopic (exact) mass is 260 g/mol. The summed E-state index contributed by atoms with van der Waals surface area (Å²) in [7, 11) is 0. The van der Waals surface area contributed by atoms with E-state index in [4.69, 9.17) is 4.74 Å². The minimum Gasteiger partial charge on any atom is -0.392 e. The standard InChI is InChI=1S/C13H28N2O3/c1-12(16)10-15(11-13(2)17)5-3-4-14-6-8-18-9-7-14/h12-13,16-17H,3-11H2,1-2H3. The highest BCUT2D eigenvalue weighted by Gasteiger charge is 2.13. The molecule has 2 unspecified atom stereocenters. The van der Waals surface area contributed by atoms with Crippen LogP contribution in [-0.2, 0) is 4.74 Å². The molecule has 0 amide bonds. The predicted octanol–water partition coefficient (Wildman–Crippen LogP) is -0.228. The number of aliphatic hydroxyl groups is 2. The molecule has 0 spiro atoms. The molecule has 0 saturated carbocycles. The number of nitrogens with zero attached hydrogens (tertiary/aromatic N) is 2. The molecule has 108 valence electrons. The van der Waals surface area contributed by atoms with Gasteiger partial charge in [-0.15, -0.1) is 0 Å². The fraction of sp³-hybridized carbons (Fsp3) is 1.00. The average Bonchev–Trinajstić information content (AvgIpc) is 2.28. The van der Waals surface area contributed by atoms with E-state index in [1.807, 2.05) is 0 Å². The van der Waals surface area contributed by atoms with Crippen LogP contribution in [0.2, 0.25) is 0 Å². The Balaban J connectivity index is 2.18. The van der Waals surface area contributed by atoms with E-state index in [1.165, 1.54) is 0 Å². The van der Waals surface area contributed by atoms with Gasteiger partial charge in [-0.2, -0.15) is 0 Å². The summed E-state index contributed by atoms with van der Waals surface area (Å²) in [5, 5.41) is 18.9. The second-order valence-corrected chi connectivity index (χ2v) is 5.27. The van der Waals surface area contributed by atoms with Gasteiger partial charge in [-0.3, -0.25) is 9.80 Å². The molecule has 1 heterocycles. The van der Waals surface area contributed by atoms with Gasteiger partial charge in [0.15, 0.2) is 0 Å². The van der Waals surface area contributed by atoms with E-state index in [0.717, 1.165) is 45.8 Å². The third kappa shape index (κ3) is 7.28. The largest absolute Gasteiger partial charge is 0.392 e. The third-order valence-electron chi connectivity index (χ3n) is 3.10. The van der Waals surface area contributed by atoms with Crippen LogP contribution in [0.4, 0.5) is 0 Å². The van der Waals surface area contributed by atoms with E-state index in [0.29, 0.717) is 13.1 Å². The van der Waals surface area contributed by atoms with Gasteiger partial charge in [-0.25, -0.2) is 0 Å². The van der Waals surface area contributed by atoms with Crippen molar-refractivity contribution >= 4 is 0 Å². The summed E-state index contributed by atoms with van der Waals surface area (Å²) in [4.78, 5) is 4.54. The Labute approximate surface area is 110 Å². The fourth-order valence-corrected chi connectivity index (χ4v) is 2.35. The first-order valence-corrected chi connectivity index (χ1v) is 6.96. The predicted molar refractivity (Wildman–Crippen MR) is 71.7 cm³/mol. The lowest BCUT2D eigenvalue weighted by Gasteiger charge is -2.29. The van der Waals surface area contributed by atoms with Gasteiger partial charge in [0.2, 0.25) is 0 Å². The first-order chi connectivity index (χ1) is 8.58. The molecular formula is C13H28N2O3. The first-order valence-electron chi connectivity index (χ1n) is 6.96. The minimum atomic E-state index is -0.341. The minimum absolute atomic E-state index is 0.341. The van der Waals surface area contributed by atoms with Gasteiger partial charge in [0, 0.05) is 26.2 Å². The van der Waals surface area contributed by atoms with Gasteiger partial charge in [0.1, 0.15) is 0 Å². The number of rotatable bonds is 8. The zero-order chi connectivity index (χ0) is 13.4. The summed E-state index contributed by atoms with van der Waals surface area (Å²) >= 11 is 0. The van der Waals surface area contributed by atoms with Crippen molar-refractivity contribution in [1.29, 1.82) is 0 Å². The lowest BCUT2D eigenvalue weighted by atomic mass is 10.2. The molecule has 5 nitrogen and oxygen atoms in total. The molecule has 0 aliphatic carbocycles. The topological polar surface area (TPSA) is 56.2 Å². The third-order valence-corrected chi connectivity index (χ3v) is 3.10. The smallest absolute Gasteiger partial charge is 0.0639 e. The van der Waals surface area contributed by atoms with Crippen molar-refractivity contribution in [3.63, 3.8) is 0 Å². The Morgan fingerprint density at radius 2 is 1.67 bits per heavy atom. The quantitative estimate of drug-likeness (QED) is 0.631.